The molecule has 1 heterocycles. The van der Waals surface area contributed by atoms with Gasteiger partial charge in [-0.05, 0) is 54.0 Å². The van der Waals surface area contributed by atoms with Crippen molar-refractivity contribution in [2.75, 3.05) is 13.2 Å². The Hall–Kier alpha value is -0.870. The molecule has 2 N–H and O–H groups in total. The quantitative estimate of drug-likeness (QED) is 0.811. The summed E-state index contributed by atoms with van der Waals surface area (Å²) < 4.78 is 0. The van der Waals surface area contributed by atoms with Crippen LogP contribution in [0.2, 0.25) is 0 Å². The first-order valence-electron chi connectivity index (χ1n) is 7.72. The second-order valence-corrected chi connectivity index (χ2v) is 6.46. The molecular formula is C16H25NO2S. The van der Waals surface area contributed by atoms with E-state index in [0.717, 1.165) is 32.2 Å². The van der Waals surface area contributed by atoms with Crippen LogP contribution in [0.25, 0.3) is 0 Å². The lowest BCUT2D eigenvalue weighted by Crippen LogP contribution is -2.33. The van der Waals surface area contributed by atoms with E-state index < -0.39 is 0 Å². The van der Waals surface area contributed by atoms with E-state index in [1.807, 2.05) is 0 Å². The minimum atomic E-state index is 0.205. The molecule has 1 saturated carbocycles. The van der Waals surface area contributed by atoms with Gasteiger partial charge < -0.3 is 10.4 Å². The molecule has 2 rings (SSSR count). The molecule has 0 bridgehead atoms. The summed E-state index contributed by atoms with van der Waals surface area (Å²) in [6, 6.07) is 2.12. The molecule has 1 fully saturated rings. The number of carbonyl (C=O) groups excluding carboxylic acids is 1. The van der Waals surface area contributed by atoms with E-state index in [2.05, 4.69) is 22.1 Å². The van der Waals surface area contributed by atoms with Gasteiger partial charge in [0.25, 0.3) is 0 Å². The summed E-state index contributed by atoms with van der Waals surface area (Å²) in [4.78, 5) is 12.1. The predicted octanol–water partition coefficient (Wildman–Crippen LogP) is 3.30. The van der Waals surface area contributed by atoms with Gasteiger partial charge in [0.05, 0.1) is 0 Å². The number of thiophene rings is 1. The van der Waals surface area contributed by atoms with Gasteiger partial charge in [-0.15, -0.1) is 0 Å². The average Bonchev–Trinajstić information content (AvgIpc) is 3.01. The molecule has 0 unspecified atom stereocenters. The Balaban J connectivity index is 1.74. The fourth-order valence-corrected chi connectivity index (χ4v) is 3.76. The van der Waals surface area contributed by atoms with Gasteiger partial charge >= 0.3 is 0 Å². The molecule has 0 aromatic carbocycles. The Morgan fingerprint density at radius 3 is 2.80 bits per heavy atom. The van der Waals surface area contributed by atoms with Crippen LogP contribution in [0.4, 0.5) is 0 Å². The van der Waals surface area contributed by atoms with Gasteiger partial charge in [0.1, 0.15) is 0 Å². The van der Waals surface area contributed by atoms with Crippen molar-refractivity contribution in [2.45, 2.75) is 50.9 Å². The highest BCUT2D eigenvalue weighted by molar-refractivity contribution is 7.07. The van der Waals surface area contributed by atoms with Crippen molar-refractivity contribution in [3.05, 3.63) is 22.4 Å². The molecule has 1 atom stereocenters. The summed E-state index contributed by atoms with van der Waals surface area (Å²) in [5.74, 6) is 0.830. The normalized spacial score (nSPS) is 17.9. The molecule has 0 radical (unpaired) electrons. The van der Waals surface area contributed by atoms with Gasteiger partial charge in [0.2, 0.25) is 5.91 Å². The van der Waals surface area contributed by atoms with E-state index >= 15 is 0 Å². The van der Waals surface area contributed by atoms with Gasteiger partial charge in [-0.1, -0.05) is 19.3 Å². The maximum atomic E-state index is 12.1. The molecule has 1 aliphatic carbocycles. The largest absolute Gasteiger partial charge is 0.396 e. The second-order valence-electron chi connectivity index (χ2n) is 5.68. The smallest absolute Gasteiger partial charge is 0.223 e. The molecule has 112 valence electrons. The number of hydrogen-bond donors (Lipinski definition) is 2. The molecule has 4 heteroatoms. The highest BCUT2D eigenvalue weighted by Gasteiger charge is 2.21. The first-order valence-corrected chi connectivity index (χ1v) is 8.66. The standard InChI is InChI=1S/C16H25NO2S/c18-10-7-13(15-8-11-20-12-15)6-9-17-16(19)14-4-2-1-3-5-14/h8,11-14,18H,1-7,9-10H2,(H,17,19)/t13-/m1/s1. The van der Waals surface area contributed by atoms with Gasteiger partial charge in [0, 0.05) is 19.1 Å². The van der Waals surface area contributed by atoms with Gasteiger partial charge in [0.15, 0.2) is 0 Å². The molecule has 3 nitrogen and oxygen atoms in total. The van der Waals surface area contributed by atoms with Crippen LogP contribution in [0.15, 0.2) is 16.8 Å². The summed E-state index contributed by atoms with van der Waals surface area (Å²) in [6.45, 7) is 0.924. The van der Waals surface area contributed by atoms with E-state index in [1.165, 1.54) is 24.8 Å². The van der Waals surface area contributed by atoms with Crippen LogP contribution in [0.1, 0.15) is 56.4 Å². The summed E-state index contributed by atoms with van der Waals surface area (Å²) in [6.07, 6.45) is 7.46. The van der Waals surface area contributed by atoms with Crippen molar-refractivity contribution < 1.29 is 9.90 Å². The minimum Gasteiger partial charge on any atom is -0.396 e. The van der Waals surface area contributed by atoms with Crippen LogP contribution >= 0.6 is 11.3 Å². The van der Waals surface area contributed by atoms with E-state index in [4.69, 9.17) is 5.11 Å². The van der Waals surface area contributed by atoms with Crippen molar-refractivity contribution in [1.82, 2.24) is 5.32 Å². The van der Waals surface area contributed by atoms with Gasteiger partial charge in [-0.25, -0.2) is 0 Å². The number of aliphatic hydroxyl groups excluding tert-OH is 1. The van der Waals surface area contributed by atoms with Crippen LogP contribution in [-0.2, 0) is 4.79 Å². The highest BCUT2D eigenvalue weighted by Crippen LogP contribution is 2.26. The third-order valence-electron chi connectivity index (χ3n) is 4.26. The van der Waals surface area contributed by atoms with Crippen molar-refractivity contribution in [2.24, 2.45) is 5.92 Å². The van der Waals surface area contributed by atoms with Crippen LogP contribution in [0.5, 0.6) is 0 Å². The maximum Gasteiger partial charge on any atom is 0.223 e. The lowest BCUT2D eigenvalue weighted by molar-refractivity contribution is -0.125. The molecule has 0 aliphatic heterocycles. The Morgan fingerprint density at radius 1 is 1.35 bits per heavy atom. The number of nitrogens with one attached hydrogen (secondary N) is 1. The lowest BCUT2D eigenvalue weighted by Gasteiger charge is -2.21. The zero-order valence-electron chi connectivity index (χ0n) is 12.0. The fraction of sp³-hybridized carbons (Fsp3) is 0.688. The minimum absolute atomic E-state index is 0.205. The monoisotopic (exact) mass is 295 g/mol. The van der Waals surface area contributed by atoms with E-state index in [9.17, 15) is 4.79 Å². The molecule has 1 amide bonds. The van der Waals surface area contributed by atoms with Gasteiger partial charge in [-0.2, -0.15) is 11.3 Å². The zero-order chi connectivity index (χ0) is 14.2. The van der Waals surface area contributed by atoms with E-state index in [0.29, 0.717) is 5.92 Å². The van der Waals surface area contributed by atoms with E-state index in [1.54, 1.807) is 11.3 Å². The Kier molecular flexibility index (Phi) is 6.54. The van der Waals surface area contributed by atoms with E-state index in [-0.39, 0.29) is 18.4 Å². The third-order valence-corrected chi connectivity index (χ3v) is 4.96. The molecule has 0 saturated heterocycles. The maximum absolute atomic E-state index is 12.1. The number of aliphatic hydroxyl groups is 1. The SMILES string of the molecule is O=C(NCC[C@H](CCO)c1ccsc1)C1CCCCC1. The molecule has 1 aromatic rings. The van der Waals surface area contributed by atoms with Crippen molar-refractivity contribution in [1.29, 1.82) is 0 Å². The Morgan fingerprint density at radius 2 is 2.15 bits per heavy atom. The summed E-state index contributed by atoms with van der Waals surface area (Å²) in [5, 5.41) is 16.5. The average molecular weight is 295 g/mol. The number of hydrogen-bond acceptors (Lipinski definition) is 3. The Bertz CT molecular complexity index is 385. The predicted molar refractivity (Wildman–Crippen MR) is 83.0 cm³/mol. The van der Waals surface area contributed by atoms with Crippen LogP contribution < -0.4 is 5.32 Å². The fourth-order valence-electron chi connectivity index (χ4n) is 3.02. The zero-order valence-corrected chi connectivity index (χ0v) is 12.8. The topological polar surface area (TPSA) is 49.3 Å². The van der Waals surface area contributed by atoms with Crippen molar-refractivity contribution >= 4 is 17.2 Å². The summed E-state index contributed by atoms with van der Waals surface area (Å²) >= 11 is 1.69. The molecular weight excluding hydrogens is 270 g/mol. The number of carbonyl (C=O) groups is 1. The molecule has 1 aliphatic rings. The lowest BCUT2D eigenvalue weighted by atomic mass is 9.88. The van der Waals surface area contributed by atoms with Crippen LogP contribution in [0.3, 0.4) is 0 Å². The van der Waals surface area contributed by atoms with Gasteiger partial charge in [-0.3, -0.25) is 4.79 Å². The highest BCUT2D eigenvalue weighted by atomic mass is 32.1. The molecule has 20 heavy (non-hydrogen) atoms. The Labute approximate surface area is 125 Å². The molecule has 1 aromatic heterocycles. The first-order chi connectivity index (χ1) is 9.81. The number of rotatable bonds is 7. The van der Waals surface area contributed by atoms with Crippen LogP contribution in [-0.4, -0.2) is 24.2 Å². The third kappa shape index (κ3) is 4.60. The molecule has 0 spiro atoms. The summed E-state index contributed by atoms with van der Waals surface area (Å²) in [7, 11) is 0. The number of amides is 1. The van der Waals surface area contributed by atoms with Crippen LogP contribution in [0, 0.1) is 5.92 Å². The summed E-state index contributed by atoms with van der Waals surface area (Å²) in [5.41, 5.74) is 1.29. The van der Waals surface area contributed by atoms with Crippen molar-refractivity contribution in [3.63, 3.8) is 0 Å². The second kappa shape index (κ2) is 8.42. The van der Waals surface area contributed by atoms with Crippen molar-refractivity contribution in [3.8, 4) is 0 Å². The first kappa shape index (κ1) is 15.5.